The minimum Gasteiger partial charge on any atom is -0.493 e. The van der Waals surface area contributed by atoms with Gasteiger partial charge in [-0.3, -0.25) is 4.79 Å². The molecule has 7 nitrogen and oxygen atoms in total. The minimum atomic E-state index is -0.416. The summed E-state index contributed by atoms with van der Waals surface area (Å²) < 4.78 is 21.5. The number of ether oxygens (including phenoxy) is 4. The monoisotopic (exact) mass is 451 g/mol. The third-order valence-corrected chi connectivity index (χ3v) is 4.52. The zero-order valence-electron chi connectivity index (χ0n) is 16.3. The van der Waals surface area contributed by atoms with Crippen molar-refractivity contribution in [3.8, 4) is 17.2 Å². The molecule has 2 aromatic carbocycles. The van der Waals surface area contributed by atoms with Gasteiger partial charge in [-0.25, -0.2) is 4.79 Å². The van der Waals surface area contributed by atoms with Gasteiger partial charge in [0.1, 0.15) is 0 Å². The molecule has 0 unspecified atom stereocenters. The fourth-order valence-electron chi connectivity index (χ4n) is 2.46. The van der Waals surface area contributed by atoms with E-state index in [2.05, 4.69) is 21.2 Å². The van der Waals surface area contributed by atoms with Crippen molar-refractivity contribution >= 4 is 33.5 Å². The zero-order valence-corrected chi connectivity index (χ0v) is 17.9. The molecule has 0 aliphatic heterocycles. The molecule has 0 spiro atoms. The van der Waals surface area contributed by atoms with Crippen LogP contribution in [0.1, 0.15) is 34.6 Å². The molecule has 0 aliphatic carbocycles. The van der Waals surface area contributed by atoms with Crippen LogP contribution in [0.25, 0.3) is 0 Å². The summed E-state index contributed by atoms with van der Waals surface area (Å²) in [6.45, 7) is 3.56. The lowest BCUT2D eigenvalue weighted by atomic mass is 10.1. The van der Waals surface area contributed by atoms with Crippen LogP contribution in [0.5, 0.6) is 17.2 Å². The molecule has 0 saturated heterocycles. The first kappa shape index (κ1) is 21.6. The molecule has 0 saturated carbocycles. The molecule has 2 rings (SSSR count). The van der Waals surface area contributed by atoms with Crippen LogP contribution in [-0.2, 0) is 4.74 Å². The van der Waals surface area contributed by atoms with Crippen LogP contribution < -0.4 is 19.5 Å². The number of hydrogen-bond donors (Lipinski definition) is 1. The molecule has 0 radical (unpaired) electrons. The summed E-state index contributed by atoms with van der Waals surface area (Å²) in [5.74, 6) is 0.281. The molecule has 1 amide bonds. The summed E-state index contributed by atoms with van der Waals surface area (Å²) in [4.78, 5) is 24.7. The van der Waals surface area contributed by atoms with Gasteiger partial charge in [0.25, 0.3) is 5.91 Å². The van der Waals surface area contributed by atoms with E-state index in [4.69, 9.17) is 18.9 Å². The molecular formula is C20H22BrNO6. The lowest BCUT2D eigenvalue weighted by Crippen LogP contribution is -2.14. The Morgan fingerprint density at radius 1 is 0.964 bits per heavy atom. The summed E-state index contributed by atoms with van der Waals surface area (Å²) in [5, 5.41) is 2.77. The first-order chi connectivity index (χ1) is 13.3. The van der Waals surface area contributed by atoms with Gasteiger partial charge in [-0.15, -0.1) is 0 Å². The van der Waals surface area contributed by atoms with E-state index in [0.29, 0.717) is 38.5 Å². The van der Waals surface area contributed by atoms with Crippen LogP contribution in [0.2, 0.25) is 0 Å². The van der Waals surface area contributed by atoms with Gasteiger partial charge in [-0.1, -0.05) is 0 Å². The Labute approximate surface area is 172 Å². The van der Waals surface area contributed by atoms with E-state index < -0.39 is 5.97 Å². The number of methoxy groups -OCH3 is 3. The van der Waals surface area contributed by atoms with Crippen LogP contribution in [0.15, 0.2) is 34.8 Å². The minimum absolute atomic E-state index is 0.204. The number of benzene rings is 2. The van der Waals surface area contributed by atoms with E-state index in [0.717, 1.165) is 0 Å². The van der Waals surface area contributed by atoms with Crippen LogP contribution >= 0.6 is 15.9 Å². The van der Waals surface area contributed by atoms with Crippen molar-refractivity contribution in [1.29, 1.82) is 0 Å². The highest BCUT2D eigenvalue weighted by Gasteiger charge is 2.23. The molecule has 2 aromatic rings. The van der Waals surface area contributed by atoms with Gasteiger partial charge in [0.15, 0.2) is 11.5 Å². The average molecular weight is 452 g/mol. The Kier molecular flexibility index (Phi) is 7.28. The molecule has 0 heterocycles. The van der Waals surface area contributed by atoms with E-state index >= 15 is 0 Å². The van der Waals surface area contributed by atoms with Gasteiger partial charge in [0, 0.05) is 5.69 Å². The second-order valence-corrected chi connectivity index (χ2v) is 6.79. The predicted octanol–water partition coefficient (Wildman–Crippen LogP) is 4.29. The topological polar surface area (TPSA) is 83.1 Å². The Morgan fingerprint density at radius 2 is 1.57 bits per heavy atom. The average Bonchev–Trinajstić information content (AvgIpc) is 2.67. The number of nitrogens with one attached hydrogen (secondary N) is 1. The first-order valence-electron chi connectivity index (χ1n) is 8.43. The molecule has 0 bridgehead atoms. The summed E-state index contributed by atoms with van der Waals surface area (Å²) in [7, 11) is 4.43. The highest BCUT2D eigenvalue weighted by atomic mass is 79.9. The molecule has 0 fully saturated rings. The molecule has 150 valence electrons. The van der Waals surface area contributed by atoms with Gasteiger partial charge in [0.05, 0.1) is 43.0 Å². The van der Waals surface area contributed by atoms with E-state index in [1.165, 1.54) is 21.3 Å². The number of esters is 1. The van der Waals surface area contributed by atoms with Gasteiger partial charge < -0.3 is 24.3 Å². The maximum absolute atomic E-state index is 12.8. The summed E-state index contributed by atoms with van der Waals surface area (Å²) in [5.41, 5.74) is 1.23. The van der Waals surface area contributed by atoms with E-state index in [1.807, 2.05) is 0 Å². The van der Waals surface area contributed by atoms with Crippen LogP contribution in [0.4, 0.5) is 5.69 Å². The second kappa shape index (κ2) is 9.45. The van der Waals surface area contributed by atoms with E-state index in [1.54, 1.807) is 44.2 Å². The number of rotatable bonds is 7. The molecule has 8 heteroatoms. The van der Waals surface area contributed by atoms with Gasteiger partial charge in [-0.2, -0.15) is 0 Å². The van der Waals surface area contributed by atoms with Gasteiger partial charge in [0.2, 0.25) is 5.75 Å². The predicted molar refractivity (Wildman–Crippen MR) is 109 cm³/mol. The summed E-state index contributed by atoms with van der Waals surface area (Å²) in [6, 6.07) is 7.98. The summed E-state index contributed by atoms with van der Waals surface area (Å²) in [6.07, 6.45) is -0.204. The number of carbonyl (C=O) groups is 2. The van der Waals surface area contributed by atoms with Gasteiger partial charge in [-0.05, 0) is 60.1 Å². The van der Waals surface area contributed by atoms with Crippen LogP contribution in [0, 0.1) is 0 Å². The van der Waals surface area contributed by atoms with Crippen molar-refractivity contribution in [2.75, 3.05) is 26.6 Å². The fraction of sp³-hybridized carbons (Fsp3) is 0.300. The third kappa shape index (κ3) is 4.75. The highest BCUT2D eigenvalue weighted by Crippen LogP contribution is 2.44. The normalized spacial score (nSPS) is 10.4. The molecular weight excluding hydrogens is 430 g/mol. The Bertz CT molecular complexity index is 864. The van der Waals surface area contributed by atoms with Crippen LogP contribution in [-0.4, -0.2) is 39.3 Å². The van der Waals surface area contributed by atoms with E-state index in [9.17, 15) is 9.59 Å². The third-order valence-electron chi connectivity index (χ3n) is 3.74. The van der Waals surface area contributed by atoms with Crippen molar-refractivity contribution in [1.82, 2.24) is 0 Å². The number of anilines is 1. The maximum atomic E-state index is 12.8. The summed E-state index contributed by atoms with van der Waals surface area (Å²) >= 11 is 3.38. The molecule has 0 aliphatic rings. The molecule has 0 atom stereocenters. The Balaban J connectivity index is 2.26. The smallest absolute Gasteiger partial charge is 0.338 e. The SMILES string of the molecule is COc1cc(C(=O)Nc2ccc(C(=O)OC(C)C)cc2)c(Br)c(OC)c1OC. The largest absolute Gasteiger partial charge is 0.493 e. The number of halogens is 1. The van der Waals surface area contributed by atoms with Crippen LogP contribution in [0.3, 0.4) is 0 Å². The Morgan fingerprint density at radius 3 is 2.07 bits per heavy atom. The van der Waals surface area contributed by atoms with Crippen molar-refractivity contribution in [2.24, 2.45) is 0 Å². The number of carbonyl (C=O) groups excluding carboxylic acids is 2. The fourth-order valence-corrected chi connectivity index (χ4v) is 3.09. The quantitative estimate of drug-likeness (QED) is 0.632. The van der Waals surface area contributed by atoms with E-state index in [-0.39, 0.29) is 12.0 Å². The van der Waals surface area contributed by atoms with Gasteiger partial charge >= 0.3 is 5.97 Å². The maximum Gasteiger partial charge on any atom is 0.338 e. The number of hydrogen-bond acceptors (Lipinski definition) is 6. The lowest BCUT2D eigenvalue weighted by Gasteiger charge is -2.16. The van der Waals surface area contributed by atoms with Crippen molar-refractivity contribution in [3.63, 3.8) is 0 Å². The first-order valence-corrected chi connectivity index (χ1v) is 9.22. The Hall–Kier alpha value is -2.74. The second-order valence-electron chi connectivity index (χ2n) is 5.99. The lowest BCUT2D eigenvalue weighted by molar-refractivity contribution is 0.0378. The zero-order chi connectivity index (χ0) is 20.8. The van der Waals surface area contributed by atoms with Crippen molar-refractivity contribution < 1.29 is 28.5 Å². The van der Waals surface area contributed by atoms with Crippen molar-refractivity contribution in [2.45, 2.75) is 20.0 Å². The molecule has 1 N–H and O–H groups in total. The molecule has 28 heavy (non-hydrogen) atoms. The molecule has 0 aromatic heterocycles. The standard InChI is InChI=1S/C20H22BrNO6/c1-11(2)28-20(24)12-6-8-13(9-7-12)22-19(23)14-10-15(25-3)17(26-4)18(27-5)16(14)21/h6-11H,1-5H3,(H,22,23). The highest BCUT2D eigenvalue weighted by molar-refractivity contribution is 9.10. The van der Waals surface area contributed by atoms with Crippen molar-refractivity contribution in [3.05, 3.63) is 45.9 Å². The number of amides is 1.